The first kappa shape index (κ1) is 12.6. The molecule has 0 aromatic rings. The van der Waals surface area contributed by atoms with Gasteiger partial charge in [-0.1, -0.05) is 11.8 Å². The maximum Gasteiger partial charge on any atom is 0.263 e. The first-order valence-corrected chi connectivity index (χ1v) is 5.97. The largest absolute Gasteiger partial charge is 0.349 e. The van der Waals surface area contributed by atoms with E-state index in [9.17, 15) is 4.79 Å². The van der Waals surface area contributed by atoms with Crippen LogP contribution in [0.5, 0.6) is 0 Å². The van der Waals surface area contributed by atoms with Gasteiger partial charge >= 0.3 is 0 Å². The molecule has 1 amide bonds. The van der Waals surface area contributed by atoms with E-state index in [0.717, 1.165) is 17.5 Å². The number of rotatable bonds is 3. The molecule has 0 atom stereocenters. The summed E-state index contributed by atoms with van der Waals surface area (Å²) in [6.45, 7) is 4.47. The van der Waals surface area contributed by atoms with Gasteiger partial charge in [0.2, 0.25) is 0 Å². The normalized spacial score (nSPS) is 15.6. The highest BCUT2D eigenvalue weighted by Crippen LogP contribution is 2.08. The van der Waals surface area contributed by atoms with E-state index in [0.29, 0.717) is 0 Å². The monoisotopic (exact) mass is 238 g/mol. The van der Waals surface area contributed by atoms with Crippen molar-refractivity contribution in [2.24, 2.45) is 4.99 Å². The molecule has 0 aromatic heterocycles. The second-order valence-electron chi connectivity index (χ2n) is 3.48. The number of thioether (sulfide) groups is 1. The van der Waals surface area contributed by atoms with Crippen molar-refractivity contribution < 1.29 is 4.79 Å². The average molecular weight is 238 g/mol. The molecule has 16 heavy (non-hydrogen) atoms. The van der Waals surface area contributed by atoms with E-state index in [2.05, 4.69) is 15.6 Å². The number of amidine groups is 1. The lowest BCUT2D eigenvalue weighted by Gasteiger charge is -2.07. The molecule has 1 heterocycles. The fourth-order valence-corrected chi connectivity index (χ4v) is 1.75. The summed E-state index contributed by atoms with van der Waals surface area (Å²) in [7, 11) is 0. The highest BCUT2D eigenvalue weighted by Gasteiger charge is 2.11. The highest BCUT2D eigenvalue weighted by molar-refractivity contribution is 8.14. The first-order valence-electron chi connectivity index (χ1n) is 4.98. The van der Waals surface area contributed by atoms with E-state index >= 15 is 0 Å². The van der Waals surface area contributed by atoms with Gasteiger partial charge in [-0.15, -0.1) is 0 Å². The van der Waals surface area contributed by atoms with Crippen LogP contribution in [-0.2, 0) is 4.79 Å². The third kappa shape index (κ3) is 3.95. The quantitative estimate of drug-likeness (QED) is 0.558. The summed E-state index contributed by atoms with van der Waals surface area (Å²) in [6, 6.07) is 1.87. The van der Waals surface area contributed by atoms with E-state index in [1.54, 1.807) is 11.8 Å². The molecule has 0 saturated carbocycles. The van der Waals surface area contributed by atoms with E-state index < -0.39 is 0 Å². The summed E-state index contributed by atoms with van der Waals surface area (Å²) in [5.41, 5.74) is 0.0592. The number of nitriles is 1. The Bertz CT molecular complexity index is 368. The van der Waals surface area contributed by atoms with Gasteiger partial charge in [-0.25, -0.2) is 0 Å². The Morgan fingerprint density at radius 3 is 2.94 bits per heavy atom. The predicted octanol–water partition coefficient (Wildman–Crippen LogP) is 0.611. The van der Waals surface area contributed by atoms with Crippen LogP contribution in [0.3, 0.4) is 0 Å². The van der Waals surface area contributed by atoms with Gasteiger partial charge in [0.15, 0.2) is 5.17 Å². The maximum atomic E-state index is 11.5. The van der Waals surface area contributed by atoms with Crippen LogP contribution < -0.4 is 10.6 Å². The van der Waals surface area contributed by atoms with Gasteiger partial charge in [-0.2, -0.15) is 5.26 Å². The van der Waals surface area contributed by atoms with E-state index in [-0.39, 0.29) is 17.5 Å². The lowest BCUT2D eigenvalue weighted by atomic mass is 10.2. The van der Waals surface area contributed by atoms with Crippen LogP contribution in [0, 0.1) is 11.3 Å². The van der Waals surface area contributed by atoms with Crippen LogP contribution in [-0.4, -0.2) is 29.4 Å². The molecule has 0 saturated heterocycles. The zero-order valence-corrected chi connectivity index (χ0v) is 10.1. The molecular formula is C10H14N4OS. The van der Waals surface area contributed by atoms with Crippen molar-refractivity contribution in [2.45, 2.75) is 19.9 Å². The molecule has 5 nitrogen and oxygen atoms in total. The number of nitrogens with zero attached hydrogens (tertiary/aromatic N) is 2. The van der Waals surface area contributed by atoms with Crippen molar-refractivity contribution in [3.05, 3.63) is 11.8 Å². The Labute approximate surface area is 99.0 Å². The average Bonchev–Trinajstić information content (AvgIpc) is 2.70. The van der Waals surface area contributed by atoms with Gasteiger partial charge in [0.05, 0.1) is 6.54 Å². The zero-order valence-electron chi connectivity index (χ0n) is 9.28. The molecule has 1 aliphatic rings. The Kier molecular flexibility index (Phi) is 4.86. The number of hydrogen-bond donors (Lipinski definition) is 2. The Morgan fingerprint density at radius 2 is 2.44 bits per heavy atom. The minimum Gasteiger partial charge on any atom is -0.349 e. The van der Waals surface area contributed by atoms with Crippen LogP contribution in [0.4, 0.5) is 0 Å². The molecule has 1 rings (SSSR count). The van der Waals surface area contributed by atoms with Crippen LogP contribution >= 0.6 is 11.8 Å². The molecular weight excluding hydrogens is 224 g/mol. The van der Waals surface area contributed by atoms with Gasteiger partial charge in [0.25, 0.3) is 5.91 Å². The van der Waals surface area contributed by atoms with Crippen molar-refractivity contribution in [2.75, 3.05) is 12.3 Å². The van der Waals surface area contributed by atoms with Crippen molar-refractivity contribution in [1.82, 2.24) is 10.6 Å². The summed E-state index contributed by atoms with van der Waals surface area (Å²) >= 11 is 1.57. The number of carbonyl (C=O) groups excluding carboxylic acids is 1. The smallest absolute Gasteiger partial charge is 0.263 e. The molecule has 0 unspecified atom stereocenters. The molecule has 1 aliphatic heterocycles. The summed E-state index contributed by atoms with van der Waals surface area (Å²) in [5.74, 6) is 0.574. The number of amides is 1. The van der Waals surface area contributed by atoms with Crippen molar-refractivity contribution in [1.29, 1.82) is 5.26 Å². The molecule has 86 valence electrons. The van der Waals surface area contributed by atoms with Crippen LogP contribution in [0.1, 0.15) is 13.8 Å². The number of aliphatic imine (C=N–C) groups is 1. The summed E-state index contributed by atoms with van der Waals surface area (Å²) in [6.07, 6.45) is 1.40. The maximum absolute atomic E-state index is 11.5. The lowest BCUT2D eigenvalue weighted by Crippen LogP contribution is -2.31. The highest BCUT2D eigenvalue weighted by atomic mass is 32.2. The van der Waals surface area contributed by atoms with Gasteiger partial charge in [-0.05, 0) is 13.8 Å². The summed E-state index contributed by atoms with van der Waals surface area (Å²) in [5, 5.41) is 15.1. The Balaban J connectivity index is 2.56. The van der Waals surface area contributed by atoms with Crippen LogP contribution in [0.15, 0.2) is 16.8 Å². The summed E-state index contributed by atoms with van der Waals surface area (Å²) < 4.78 is 0. The molecule has 0 fully saturated rings. The van der Waals surface area contributed by atoms with E-state index in [4.69, 9.17) is 5.26 Å². The fraction of sp³-hybridized carbons (Fsp3) is 0.500. The minimum atomic E-state index is -0.367. The summed E-state index contributed by atoms with van der Waals surface area (Å²) in [4.78, 5) is 15.6. The molecule has 0 radical (unpaired) electrons. The third-order valence-corrected chi connectivity index (χ3v) is 2.62. The zero-order chi connectivity index (χ0) is 12.0. The van der Waals surface area contributed by atoms with Crippen molar-refractivity contribution in [3.8, 4) is 6.07 Å². The molecule has 0 spiro atoms. The number of carbonyl (C=O) groups is 1. The second-order valence-corrected chi connectivity index (χ2v) is 4.56. The second kappa shape index (κ2) is 6.18. The Hall–Kier alpha value is -1.48. The molecule has 2 N–H and O–H groups in total. The molecule has 0 aliphatic carbocycles. The van der Waals surface area contributed by atoms with Gasteiger partial charge in [-0.3, -0.25) is 9.79 Å². The van der Waals surface area contributed by atoms with Gasteiger partial charge < -0.3 is 10.6 Å². The van der Waals surface area contributed by atoms with Gasteiger partial charge in [0.1, 0.15) is 11.6 Å². The number of nitrogens with one attached hydrogen (secondary N) is 2. The number of hydrogen-bond acceptors (Lipinski definition) is 5. The van der Waals surface area contributed by atoms with Crippen molar-refractivity contribution in [3.63, 3.8) is 0 Å². The molecule has 0 bridgehead atoms. The van der Waals surface area contributed by atoms with Gasteiger partial charge in [0, 0.05) is 18.0 Å². The molecule has 6 heteroatoms. The minimum absolute atomic E-state index is 0.0162. The van der Waals surface area contributed by atoms with E-state index in [1.807, 2.05) is 19.9 Å². The standard InChI is InChI=1S/C10H14N4OS/c1-7(2)14-9(15)8(5-11)6-13-10-12-3-4-16-10/h6-7H,3-4H2,1-2H3,(H,12,13)(H,14,15)/b8-6-. The SMILES string of the molecule is CC(C)NC(=O)/C(C#N)=C\NC1=NCCS1. The van der Waals surface area contributed by atoms with Crippen LogP contribution in [0.25, 0.3) is 0 Å². The van der Waals surface area contributed by atoms with Crippen molar-refractivity contribution >= 4 is 22.8 Å². The van der Waals surface area contributed by atoms with Crippen LogP contribution in [0.2, 0.25) is 0 Å². The third-order valence-electron chi connectivity index (χ3n) is 1.71. The predicted molar refractivity (Wildman–Crippen MR) is 64.9 cm³/mol. The fourth-order valence-electron chi connectivity index (χ4n) is 1.04. The molecule has 0 aromatic carbocycles. The van der Waals surface area contributed by atoms with E-state index in [1.165, 1.54) is 6.20 Å². The lowest BCUT2D eigenvalue weighted by molar-refractivity contribution is -0.117. The Morgan fingerprint density at radius 1 is 1.69 bits per heavy atom. The topological polar surface area (TPSA) is 77.3 Å². The first-order chi connectivity index (χ1) is 7.63.